The van der Waals surface area contributed by atoms with Crippen molar-refractivity contribution in [3.8, 4) is 0 Å². The highest BCUT2D eigenvalue weighted by atomic mass is 16.5. The zero-order valence-electron chi connectivity index (χ0n) is 11.5. The van der Waals surface area contributed by atoms with Crippen LogP contribution in [0.3, 0.4) is 0 Å². The number of rotatable bonds is 3. The van der Waals surface area contributed by atoms with E-state index in [0.29, 0.717) is 12.1 Å². The molecule has 0 radical (unpaired) electrons. The predicted molar refractivity (Wildman–Crippen MR) is 74.3 cm³/mol. The molecular formula is C14H18N2O4. The molecule has 1 aliphatic rings. The van der Waals surface area contributed by atoms with Crippen LogP contribution in [0.25, 0.3) is 0 Å². The van der Waals surface area contributed by atoms with Gasteiger partial charge in [-0.2, -0.15) is 0 Å². The summed E-state index contributed by atoms with van der Waals surface area (Å²) in [6.45, 7) is 3.30. The molecule has 6 nitrogen and oxygen atoms in total. The molecule has 1 atom stereocenters. The number of carboxylic acid groups (broad SMARTS) is 1. The number of alkyl carbamates (subject to hydrolysis) is 1. The Morgan fingerprint density at radius 1 is 1.45 bits per heavy atom. The summed E-state index contributed by atoms with van der Waals surface area (Å²) in [5.41, 5.74) is 2.03. The fourth-order valence-corrected chi connectivity index (χ4v) is 2.42. The zero-order valence-corrected chi connectivity index (χ0v) is 11.5. The second-order valence-corrected chi connectivity index (χ2v) is 4.87. The number of benzene rings is 1. The van der Waals surface area contributed by atoms with Crippen molar-refractivity contribution < 1.29 is 19.4 Å². The molecule has 20 heavy (non-hydrogen) atoms. The monoisotopic (exact) mass is 278 g/mol. The highest BCUT2D eigenvalue weighted by Crippen LogP contribution is 2.23. The minimum Gasteiger partial charge on any atom is -0.478 e. The van der Waals surface area contributed by atoms with Gasteiger partial charge in [0, 0.05) is 18.8 Å². The molecule has 6 heteroatoms. The van der Waals surface area contributed by atoms with Crippen molar-refractivity contribution in [3.05, 3.63) is 29.3 Å². The molecular weight excluding hydrogens is 260 g/mol. The van der Waals surface area contributed by atoms with E-state index in [-0.39, 0.29) is 6.04 Å². The van der Waals surface area contributed by atoms with Gasteiger partial charge in [0.25, 0.3) is 0 Å². The molecule has 1 aromatic rings. The molecule has 0 aromatic heterocycles. The second-order valence-electron chi connectivity index (χ2n) is 4.87. The predicted octanol–water partition coefficient (Wildman–Crippen LogP) is 1.63. The number of nitrogens with one attached hydrogen (secondary N) is 1. The Hall–Kier alpha value is -2.24. The molecule has 0 bridgehead atoms. The van der Waals surface area contributed by atoms with E-state index in [9.17, 15) is 9.59 Å². The first kappa shape index (κ1) is 14.2. The van der Waals surface area contributed by atoms with Gasteiger partial charge in [0.15, 0.2) is 0 Å². The van der Waals surface area contributed by atoms with Crippen LogP contribution in [0.4, 0.5) is 10.5 Å². The number of methoxy groups -OCH3 is 1. The summed E-state index contributed by atoms with van der Waals surface area (Å²) >= 11 is 0. The van der Waals surface area contributed by atoms with E-state index in [0.717, 1.165) is 24.2 Å². The van der Waals surface area contributed by atoms with E-state index in [1.807, 2.05) is 6.07 Å². The number of anilines is 1. The number of aryl methyl sites for hydroxylation is 1. The third kappa shape index (κ3) is 3.01. The van der Waals surface area contributed by atoms with Gasteiger partial charge in [-0.25, -0.2) is 9.59 Å². The van der Waals surface area contributed by atoms with E-state index in [4.69, 9.17) is 5.11 Å². The van der Waals surface area contributed by atoms with Gasteiger partial charge in [0.2, 0.25) is 0 Å². The minimum absolute atomic E-state index is 0.0573. The summed E-state index contributed by atoms with van der Waals surface area (Å²) < 4.78 is 4.58. The third-order valence-corrected chi connectivity index (χ3v) is 3.50. The van der Waals surface area contributed by atoms with Crippen LogP contribution in [0, 0.1) is 6.92 Å². The Labute approximate surface area is 117 Å². The van der Waals surface area contributed by atoms with Gasteiger partial charge in [-0.1, -0.05) is 0 Å². The standard InChI is InChI=1S/C14H18N2O4/c1-9-7-11(3-4-12(9)13(17)18)16-6-5-10(8-16)15-14(19)20-2/h3-4,7,10H,5-6,8H2,1-2H3,(H,15,19)(H,17,18). The number of hydrogen-bond acceptors (Lipinski definition) is 4. The molecule has 1 fully saturated rings. The maximum absolute atomic E-state index is 11.2. The lowest BCUT2D eigenvalue weighted by atomic mass is 10.1. The van der Waals surface area contributed by atoms with Crippen LogP contribution in [0.15, 0.2) is 18.2 Å². The van der Waals surface area contributed by atoms with E-state index >= 15 is 0 Å². The number of carbonyl (C=O) groups excluding carboxylic acids is 1. The summed E-state index contributed by atoms with van der Waals surface area (Å²) in [5, 5.41) is 11.8. The van der Waals surface area contributed by atoms with Crippen LogP contribution in [-0.4, -0.2) is 43.4 Å². The Morgan fingerprint density at radius 2 is 2.20 bits per heavy atom. The smallest absolute Gasteiger partial charge is 0.407 e. The molecule has 0 aliphatic carbocycles. The van der Waals surface area contributed by atoms with Gasteiger partial charge < -0.3 is 20.1 Å². The Kier molecular flexibility index (Phi) is 4.12. The molecule has 1 unspecified atom stereocenters. The van der Waals surface area contributed by atoms with Gasteiger partial charge in [-0.3, -0.25) is 0 Å². The van der Waals surface area contributed by atoms with Crippen LogP contribution < -0.4 is 10.2 Å². The van der Waals surface area contributed by atoms with E-state index in [1.54, 1.807) is 19.1 Å². The quantitative estimate of drug-likeness (QED) is 0.878. The van der Waals surface area contributed by atoms with Gasteiger partial charge in [0.05, 0.1) is 18.7 Å². The number of amides is 1. The summed E-state index contributed by atoms with van der Waals surface area (Å²) in [7, 11) is 1.34. The maximum Gasteiger partial charge on any atom is 0.407 e. The van der Waals surface area contributed by atoms with Crippen molar-refractivity contribution in [2.75, 3.05) is 25.1 Å². The van der Waals surface area contributed by atoms with Crippen LogP contribution in [0.2, 0.25) is 0 Å². The first-order valence-electron chi connectivity index (χ1n) is 6.44. The fraction of sp³-hybridized carbons (Fsp3) is 0.429. The van der Waals surface area contributed by atoms with Gasteiger partial charge in [-0.15, -0.1) is 0 Å². The maximum atomic E-state index is 11.2. The van der Waals surface area contributed by atoms with Crippen molar-refractivity contribution in [2.24, 2.45) is 0 Å². The molecule has 1 heterocycles. The van der Waals surface area contributed by atoms with Crippen molar-refractivity contribution in [2.45, 2.75) is 19.4 Å². The normalized spacial score (nSPS) is 17.9. The largest absolute Gasteiger partial charge is 0.478 e. The summed E-state index contributed by atoms with van der Waals surface area (Å²) in [6, 6.07) is 5.34. The van der Waals surface area contributed by atoms with Gasteiger partial charge in [-0.05, 0) is 37.1 Å². The molecule has 2 N–H and O–H groups in total. The van der Waals surface area contributed by atoms with Crippen molar-refractivity contribution in [1.82, 2.24) is 5.32 Å². The van der Waals surface area contributed by atoms with E-state index in [2.05, 4.69) is 15.0 Å². The van der Waals surface area contributed by atoms with Crippen molar-refractivity contribution in [1.29, 1.82) is 0 Å². The second kappa shape index (κ2) is 5.81. The summed E-state index contributed by atoms with van der Waals surface area (Å²) in [6.07, 6.45) is 0.420. The third-order valence-electron chi connectivity index (χ3n) is 3.50. The van der Waals surface area contributed by atoms with Crippen LogP contribution in [0.1, 0.15) is 22.3 Å². The summed E-state index contributed by atoms with van der Waals surface area (Å²) in [4.78, 5) is 24.3. The summed E-state index contributed by atoms with van der Waals surface area (Å²) in [5.74, 6) is -0.916. The van der Waals surface area contributed by atoms with Crippen molar-refractivity contribution >= 4 is 17.7 Å². The fourth-order valence-electron chi connectivity index (χ4n) is 2.42. The molecule has 1 aliphatic heterocycles. The number of hydrogen-bond donors (Lipinski definition) is 2. The topological polar surface area (TPSA) is 78.9 Å². The molecule has 1 amide bonds. The highest BCUT2D eigenvalue weighted by molar-refractivity contribution is 5.89. The molecule has 0 saturated carbocycles. The molecule has 108 valence electrons. The number of nitrogens with zero attached hydrogens (tertiary/aromatic N) is 1. The molecule has 2 rings (SSSR count). The van der Waals surface area contributed by atoms with Crippen LogP contribution >= 0.6 is 0 Å². The van der Waals surface area contributed by atoms with E-state index in [1.165, 1.54) is 7.11 Å². The molecule has 0 spiro atoms. The van der Waals surface area contributed by atoms with Gasteiger partial charge >= 0.3 is 12.1 Å². The van der Waals surface area contributed by atoms with Gasteiger partial charge in [0.1, 0.15) is 0 Å². The SMILES string of the molecule is COC(=O)NC1CCN(c2ccc(C(=O)O)c(C)c2)C1. The highest BCUT2D eigenvalue weighted by Gasteiger charge is 2.24. The number of carbonyl (C=O) groups is 2. The Bertz CT molecular complexity index is 530. The number of carboxylic acids is 1. The first-order valence-corrected chi connectivity index (χ1v) is 6.44. The molecule has 1 saturated heterocycles. The Balaban J connectivity index is 2.05. The lowest BCUT2D eigenvalue weighted by molar-refractivity contribution is 0.0696. The van der Waals surface area contributed by atoms with Crippen LogP contribution in [-0.2, 0) is 4.74 Å². The minimum atomic E-state index is -0.916. The van der Waals surface area contributed by atoms with Crippen molar-refractivity contribution in [3.63, 3.8) is 0 Å². The van der Waals surface area contributed by atoms with E-state index < -0.39 is 12.1 Å². The number of ether oxygens (including phenoxy) is 1. The average Bonchev–Trinajstić information content (AvgIpc) is 2.86. The first-order chi connectivity index (χ1) is 9.51. The average molecular weight is 278 g/mol. The number of aromatic carboxylic acids is 1. The molecule has 1 aromatic carbocycles. The lowest BCUT2D eigenvalue weighted by Crippen LogP contribution is -2.36. The van der Waals surface area contributed by atoms with Crippen LogP contribution in [0.5, 0.6) is 0 Å². The Morgan fingerprint density at radius 3 is 2.80 bits per heavy atom. The zero-order chi connectivity index (χ0) is 14.7. The lowest BCUT2D eigenvalue weighted by Gasteiger charge is -2.20.